The Hall–Kier alpha value is -1.47. The number of amides is 1. The highest BCUT2D eigenvalue weighted by Crippen LogP contribution is 2.29. The molecule has 0 aliphatic heterocycles. The van der Waals surface area contributed by atoms with Crippen LogP contribution in [-0.2, 0) is 14.6 Å². The van der Waals surface area contributed by atoms with Gasteiger partial charge < -0.3 is 5.32 Å². The minimum atomic E-state index is -3.24. The third-order valence-corrected chi connectivity index (χ3v) is 5.83. The van der Waals surface area contributed by atoms with E-state index in [1.807, 2.05) is 6.92 Å². The van der Waals surface area contributed by atoms with Crippen molar-refractivity contribution in [3.8, 4) is 0 Å². The number of benzene rings is 1. The second-order valence-corrected chi connectivity index (χ2v) is 8.70. The van der Waals surface area contributed by atoms with Crippen molar-refractivity contribution in [3.63, 3.8) is 0 Å². The normalized spacial score (nSPS) is 13.2. The van der Waals surface area contributed by atoms with Gasteiger partial charge in [0.2, 0.25) is 5.91 Å². The van der Waals surface area contributed by atoms with Gasteiger partial charge in [-0.3, -0.25) is 4.79 Å². The first-order valence-electron chi connectivity index (χ1n) is 7.76. The van der Waals surface area contributed by atoms with E-state index in [2.05, 4.69) is 17.2 Å². The number of hydrogen-bond donors (Lipinski definition) is 1. The molecule has 126 valence electrons. The second kappa shape index (κ2) is 7.40. The lowest BCUT2D eigenvalue weighted by molar-refractivity contribution is -0.120. The van der Waals surface area contributed by atoms with Crippen LogP contribution in [0.5, 0.6) is 0 Å². The molecule has 0 radical (unpaired) electrons. The molecule has 0 spiro atoms. The number of nitrogens with zero attached hydrogens (tertiary/aromatic N) is 1. The summed E-state index contributed by atoms with van der Waals surface area (Å²) in [6.45, 7) is 4.12. The lowest BCUT2D eigenvalue weighted by atomic mass is 9.99. The maximum Gasteiger partial charge on any atom is 0.229 e. The van der Waals surface area contributed by atoms with E-state index in [1.54, 1.807) is 18.2 Å². The molecule has 0 saturated heterocycles. The molecular formula is C16H22N2O3S2. The van der Waals surface area contributed by atoms with Crippen molar-refractivity contribution in [2.24, 2.45) is 5.92 Å². The number of sulfone groups is 1. The number of aromatic nitrogens is 1. The predicted octanol–water partition coefficient (Wildman–Crippen LogP) is 3.85. The zero-order chi connectivity index (χ0) is 17.0. The fourth-order valence-corrected chi connectivity index (χ4v) is 4.00. The molecule has 0 saturated carbocycles. The van der Waals surface area contributed by atoms with Crippen LogP contribution in [0.2, 0.25) is 0 Å². The molecule has 0 aliphatic rings. The van der Waals surface area contributed by atoms with Crippen LogP contribution < -0.4 is 5.32 Å². The van der Waals surface area contributed by atoms with Crippen molar-refractivity contribution in [1.82, 2.24) is 4.98 Å². The molecule has 1 aromatic carbocycles. The number of rotatable bonds is 7. The topological polar surface area (TPSA) is 76.1 Å². The average molecular weight is 354 g/mol. The van der Waals surface area contributed by atoms with E-state index in [0.29, 0.717) is 10.6 Å². The van der Waals surface area contributed by atoms with Crippen LogP contribution in [-0.4, -0.2) is 25.6 Å². The summed E-state index contributed by atoms with van der Waals surface area (Å²) >= 11 is 1.30. The molecule has 7 heteroatoms. The van der Waals surface area contributed by atoms with E-state index in [0.717, 1.165) is 30.4 Å². The van der Waals surface area contributed by atoms with Gasteiger partial charge in [-0.15, -0.1) is 0 Å². The van der Waals surface area contributed by atoms with Crippen molar-refractivity contribution in [1.29, 1.82) is 0 Å². The lowest BCUT2D eigenvalue weighted by Gasteiger charge is -2.12. The van der Waals surface area contributed by atoms with E-state index in [9.17, 15) is 13.2 Å². The summed E-state index contributed by atoms with van der Waals surface area (Å²) in [4.78, 5) is 16.9. The second-order valence-electron chi connectivity index (χ2n) is 5.66. The number of nitrogens with one attached hydrogen (secondary N) is 1. The predicted molar refractivity (Wildman–Crippen MR) is 94.7 cm³/mol. The summed E-state index contributed by atoms with van der Waals surface area (Å²) in [5.74, 6) is -0.0168. The first-order valence-corrected chi connectivity index (χ1v) is 10.5. The summed E-state index contributed by atoms with van der Waals surface area (Å²) in [5, 5.41) is 3.39. The fourth-order valence-electron chi connectivity index (χ4n) is 2.37. The smallest absolute Gasteiger partial charge is 0.229 e. The number of hydrogen-bond acceptors (Lipinski definition) is 5. The highest BCUT2D eigenvalue weighted by atomic mass is 32.2. The molecule has 5 nitrogen and oxygen atoms in total. The minimum absolute atomic E-state index is 0.00598. The quantitative estimate of drug-likeness (QED) is 0.819. The standard InChI is InChI=1S/C16H22N2O3S2/c1-4-6-7-11(5-2)15(19)18-16-17-13-9-8-12(23(3,20)21)10-14(13)22-16/h8-11H,4-7H2,1-3H3,(H,17,18,19). The van der Waals surface area contributed by atoms with Crippen molar-refractivity contribution in [3.05, 3.63) is 18.2 Å². The van der Waals surface area contributed by atoms with E-state index in [4.69, 9.17) is 0 Å². The van der Waals surface area contributed by atoms with E-state index >= 15 is 0 Å². The lowest BCUT2D eigenvalue weighted by Crippen LogP contribution is -2.22. The summed E-state index contributed by atoms with van der Waals surface area (Å²) in [6, 6.07) is 4.82. The number of thiazole rings is 1. The summed E-state index contributed by atoms with van der Waals surface area (Å²) in [6.07, 6.45) is 4.96. The highest BCUT2D eigenvalue weighted by molar-refractivity contribution is 7.90. The maximum absolute atomic E-state index is 12.3. The van der Waals surface area contributed by atoms with Gasteiger partial charge in [0.25, 0.3) is 0 Å². The number of anilines is 1. The fraction of sp³-hybridized carbons (Fsp3) is 0.500. The Balaban J connectivity index is 2.19. The Morgan fingerprint density at radius 2 is 2.09 bits per heavy atom. The SMILES string of the molecule is CCCCC(CC)C(=O)Nc1nc2ccc(S(C)(=O)=O)cc2s1. The molecule has 1 amide bonds. The van der Waals surface area contributed by atoms with Gasteiger partial charge in [-0.05, 0) is 31.0 Å². The van der Waals surface area contributed by atoms with Gasteiger partial charge in [0, 0.05) is 12.2 Å². The molecule has 1 atom stereocenters. The zero-order valence-corrected chi connectivity index (χ0v) is 15.3. The molecule has 0 bridgehead atoms. The van der Waals surface area contributed by atoms with Gasteiger partial charge in [-0.2, -0.15) is 0 Å². The highest BCUT2D eigenvalue weighted by Gasteiger charge is 2.18. The maximum atomic E-state index is 12.3. The molecule has 1 unspecified atom stereocenters. The molecule has 2 aromatic rings. The van der Waals surface area contributed by atoms with Gasteiger partial charge in [0.05, 0.1) is 15.1 Å². The monoisotopic (exact) mass is 354 g/mol. The van der Waals surface area contributed by atoms with E-state index in [1.165, 1.54) is 17.6 Å². The van der Waals surface area contributed by atoms with Crippen molar-refractivity contribution >= 4 is 42.4 Å². The van der Waals surface area contributed by atoms with Crippen molar-refractivity contribution in [2.45, 2.75) is 44.4 Å². The van der Waals surface area contributed by atoms with Crippen LogP contribution in [0.3, 0.4) is 0 Å². The number of fused-ring (bicyclic) bond motifs is 1. The third-order valence-electron chi connectivity index (χ3n) is 3.79. The van der Waals surface area contributed by atoms with Crippen LogP contribution in [0.1, 0.15) is 39.5 Å². The van der Waals surface area contributed by atoms with Gasteiger partial charge >= 0.3 is 0 Å². The van der Waals surface area contributed by atoms with Gasteiger partial charge in [-0.1, -0.05) is 38.0 Å². The molecule has 2 rings (SSSR count). The molecule has 1 N–H and O–H groups in total. The molecule has 0 aliphatic carbocycles. The van der Waals surface area contributed by atoms with Gasteiger partial charge in [0.15, 0.2) is 15.0 Å². The average Bonchev–Trinajstić information content (AvgIpc) is 2.88. The van der Waals surface area contributed by atoms with Crippen molar-refractivity contribution < 1.29 is 13.2 Å². The number of carbonyl (C=O) groups is 1. The number of unbranched alkanes of at least 4 members (excludes halogenated alkanes) is 1. The molecule has 1 aromatic heterocycles. The molecular weight excluding hydrogens is 332 g/mol. The Bertz CT molecular complexity index is 797. The van der Waals surface area contributed by atoms with Crippen LogP contribution in [0, 0.1) is 5.92 Å². The van der Waals surface area contributed by atoms with Gasteiger partial charge in [0.1, 0.15) is 0 Å². The molecule has 1 heterocycles. The Labute approximate surface area is 141 Å². The van der Waals surface area contributed by atoms with Crippen LogP contribution in [0.4, 0.5) is 5.13 Å². The first kappa shape index (κ1) is 17.9. The Morgan fingerprint density at radius 3 is 2.70 bits per heavy atom. The summed E-state index contributed by atoms with van der Waals surface area (Å²) in [7, 11) is -3.24. The largest absolute Gasteiger partial charge is 0.302 e. The molecule has 23 heavy (non-hydrogen) atoms. The molecule has 0 fully saturated rings. The van der Waals surface area contributed by atoms with Crippen molar-refractivity contribution in [2.75, 3.05) is 11.6 Å². The Kier molecular flexibility index (Phi) is 5.75. The van der Waals surface area contributed by atoms with Crippen LogP contribution >= 0.6 is 11.3 Å². The minimum Gasteiger partial charge on any atom is -0.302 e. The summed E-state index contributed by atoms with van der Waals surface area (Å²) < 4.78 is 24.0. The Morgan fingerprint density at radius 1 is 1.35 bits per heavy atom. The van der Waals surface area contributed by atoms with E-state index in [-0.39, 0.29) is 16.7 Å². The van der Waals surface area contributed by atoms with E-state index < -0.39 is 9.84 Å². The van der Waals surface area contributed by atoms with Crippen LogP contribution in [0.15, 0.2) is 23.1 Å². The van der Waals surface area contributed by atoms with Crippen LogP contribution in [0.25, 0.3) is 10.2 Å². The first-order chi connectivity index (χ1) is 10.8. The zero-order valence-electron chi connectivity index (χ0n) is 13.6. The van der Waals surface area contributed by atoms with Gasteiger partial charge in [-0.25, -0.2) is 13.4 Å². The third kappa shape index (κ3) is 4.51. The number of carbonyl (C=O) groups excluding carboxylic acids is 1. The summed E-state index contributed by atoms with van der Waals surface area (Å²) in [5.41, 5.74) is 0.694.